The summed E-state index contributed by atoms with van der Waals surface area (Å²) < 4.78 is 7.23. The van der Waals surface area contributed by atoms with Gasteiger partial charge >= 0.3 is 0 Å². The van der Waals surface area contributed by atoms with Gasteiger partial charge in [-0.2, -0.15) is 0 Å². The molecule has 2 heterocycles. The first kappa shape index (κ1) is 18.7. The van der Waals surface area contributed by atoms with Gasteiger partial charge in [-0.1, -0.05) is 29.5 Å². The summed E-state index contributed by atoms with van der Waals surface area (Å²) >= 11 is 5.44. The Morgan fingerprint density at radius 1 is 1.19 bits per heavy atom. The molecule has 4 rings (SSSR count). The minimum Gasteiger partial charge on any atom is -0.484 e. The second kappa shape index (κ2) is 8.12. The Morgan fingerprint density at radius 3 is 2.67 bits per heavy atom. The zero-order chi connectivity index (χ0) is 18.8. The smallest absolute Gasteiger partial charge is 0.264 e. The van der Waals surface area contributed by atoms with E-state index in [1.165, 1.54) is 34.0 Å². The Balaban J connectivity index is 1.35. The summed E-state index contributed by atoms with van der Waals surface area (Å²) in [6.07, 6.45) is 0. The second-order valence-corrected chi connectivity index (χ2v) is 10.2. The van der Waals surface area contributed by atoms with Crippen molar-refractivity contribution in [3.63, 3.8) is 0 Å². The number of carbonyl (C=O) groups is 1. The van der Waals surface area contributed by atoms with Crippen molar-refractivity contribution < 1.29 is 9.53 Å². The third kappa shape index (κ3) is 4.42. The lowest BCUT2D eigenvalue weighted by Crippen LogP contribution is -2.20. The SMILES string of the molecule is Cc1cc(C)c2nc(NC(=O)COc3ccc(C4SCCS4)cc3)sc2c1. The van der Waals surface area contributed by atoms with Gasteiger partial charge in [0.1, 0.15) is 5.75 Å². The number of aryl methyl sites for hydroxylation is 2. The Kier molecular flexibility index (Phi) is 5.61. The van der Waals surface area contributed by atoms with Crippen molar-refractivity contribution in [2.75, 3.05) is 23.4 Å². The zero-order valence-electron chi connectivity index (χ0n) is 15.2. The van der Waals surface area contributed by atoms with Crippen LogP contribution < -0.4 is 10.1 Å². The van der Waals surface area contributed by atoms with Crippen LogP contribution in [0.25, 0.3) is 10.2 Å². The van der Waals surface area contributed by atoms with E-state index in [0.29, 0.717) is 15.5 Å². The molecule has 140 valence electrons. The van der Waals surface area contributed by atoms with Crippen molar-refractivity contribution in [1.29, 1.82) is 0 Å². The van der Waals surface area contributed by atoms with Crippen molar-refractivity contribution in [3.8, 4) is 5.75 Å². The predicted molar refractivity (Wildman–Crippen MR) is 117 cm³/mol. The van der Waals surface area contributed by atoms with Gasteiger partial charge < -0.3 is 4.74 Å². The minimum absolute atomic E-state index is 0.0276. The van der Waals surface area contributed by atoms with Gasteiger partial charge in [0, 0.05) is 11.5 Å². The van der Waals surface area contributed by atoms with Gasteiger partial charge in [0.05, 0.1) is 14.8 Å². The molecule has 2 aromatic carbocycles. The number of thiazole rings is 1. The van der Waals surface area contributed by atoms with Crippen LogP contribution in [0.15, 0.2) is 36.4 Å². The van der Waals surface area contributed by atoms with Crippen molar-refractivity contribution >= 4 is 56.1 Å². The van der Waals surface area contributed by atoms with Gasteiger partial charge in [0.2, 0.25) is 0 Å². The Labute approximate surface area is 171 Å². The molecule has 1 amide bonds. The predicted octanol–water partition coefficient (Wildman–Crippen LogP) is 5.41. The van der Waals surface area contributed by atoms with Gasteiger partial charge in [-0.15, -0.1) is 23.5 Å². The standard InChI is InChI=1S/C20H20N2O2S3/c1-12-9-13(2)18-16(10-12)27-20(22-18)21-17(23)11-24-15-5-3-14(4-6-15)19-25-7-8-26-19/h3-6,9-10,19H,7-8,11H2,1-2H3,(H,21,22,23). The van der Waals surface area contributed by atoms with Crippen LogP contribution in [0, 0.1) is 13.8 Å². The molecule has 7 heteroatoms. The number of ether oxygens (including phenoxy) is 1. The summed E-state index contributed by atoms with van der Waals surface area (Å²) in [5.74, 6) is 2.92. The van der Waals surface area contributed by atoms with Crippen LogP contribution in [0.1, 0.15) is 21.3 Å². The number of rotatable bonds is 5. The topological polar surface area (TPSA) is 51.2 Å². The highest BCUT2D eigenvalue weighted by atomic mass is 32.2. The number of nitrogens with zero attached hydrogens (tertiary/aromatic N) is 1. The summed E-state index contributed by atoms with van der Waals surface area (Å²) in [6, 6.07) is 12.2. The quantitative estimate of drug-likeness (QED) is 0.603. The number of aromatic nitrogens is 1. The first-order chi connectivity index (χ1) is 13.1. The molecule has 1 aliphatic heterocycles. The molecule has 0 spiro atoms. The van der Waals surface area contributed by atoms with Gasteiger partial charge in [0.15, 0.2) is 11.7 Å². The molecule has 27 heavy (non-hydrogen) atoms. The minimum atomic E-state index is -0.200. The molecular formula is C20H20N2O2S3. The van der Waals surface area contributed by atoms with E-state index >= 15 is 0 Å². The van der Waals surface area contributed by atoms with Crippen LogP contribution in [0.2, 0.25) is 0 Å². The lowest BCUT2D eigenvalue weighted by Gasteiger charge is -2.10. The maximum absolute atomic E-state index is 12.2. The molecule has 0 saturated carbocycles. The Hall–Kier alpha value is -1.70. The third-order valence-electron chi connectivity index (χ3n) is 4.22. The Bertz CT molecular complexity index is 963. The summed E-state index contributed by atoms with van der Waals surface area (Å²) in [7, 11) is 0. The monoisotopic (exact) mass is 416 g/mol. The van der Waals surface area contributed by atoms with Crippen LogP contribution in [-0.4, -0.2) is 29.0 Å². The number of hydrogen-bond donors (Lipinski definition) is 1. The summed E-state index contributed by atoms with van der Waals surface area (Å²) in [4.78, 5) is 16.7. The number of nitrogens with one attached hydrogen (secondary N) is 1. The fraction of sp³-hybridized carbons (Fsp3) is 0.300. The lowest BCUT2D eigenvalue weighted by molar-refractivity contribution is -0.118. The molecule has 1 N–H and O–H groups in total. The average Bonchev–Trinajstić information content (AvgIpc) is 3.30. The molecule has 1 saturated heterocycles. The van der Waals surface area contributed by atoms with Crippen molar-refractivity contribution in [1.82, 2.24) is 4.98 Å². The highest BCUT2D eigenvalue weighted by molar-refractivity contribution is 8.19. The van der Waals surface area contributed by atoms with Crippen LogP contribution in [0.4, 0.5) is 5.13 Å². The van der Waals surface area contributed by atoms with Crippen LogP contribution >= 0.6 is 34.9 Å². The lowest BCUT2D eigenvalue weighted by atomic mass is 10.1. The number of benzene rings is 2. The number of thioether (sulfide) groups is 2. The molecule has 1 aliphatic rings. The molecule has 0 bridgehead atoms. The molecule has 1 fully saturated rings. The van der Waals surface area contributed by atoms with E-state index in [1.807, 2.05) is 42.6 Å². The molecule has 4 nitrogen and oxygen atoms in total. The average molecular weight is 417 g/mol. The maximum Gasteiger partial charge on any atom is 0.264 e. The van der Waals surface area contributed by atoms with E-state index < -0.39 is 0 Å². The molecule has 0 radical (unpaired) electrons. The molecule has 0 aliphatic carbocycles. The maximum atomic E-state index is 12.2. The number of fused-ring (bicyclic) bond motifs is 1. The van der Waals surface area contributed by atoms with E-state index in [-0.39, 0.29) is 12.5 Å². The molecule has 3 aromatic rings. The molecule has 0 unspecified atom stereocenters. The Morgan fingerprint density at radius 2 is 1.93 bits per heavy atom. The summed E-state index contributed by atoms with van der Waals surface area (Å²) in [6.45, 7) is 4.07. The highest BCUT2D eigenvalue weighted by Gasteiger charge is 2.18. The summed E-state index contributed by atoms with van der Waals surface area (Å²) in [5.41, 5.74) is 4.57. The summed E-state index contributed by atoms with van der Waals surface area (Å²) in [5, 5.41) is 3.45. The normalized spacial score (nSPS) is 14.6. The molecule has 0 atom stereocenters. The van der Waals surface area contributed by atoms with E-state index in [4.69, 9.17) is 4.74 Å². The third-order valence-corrected chi connectivity index (χ3v) is 8.24. The highest BCUT2D eigenvalue weighted by Crippen LogP contribution is 2.45. The number of amides is 1. The number of carbonyl (C=O) groups excluding carboxylic acids is 1. The largest absolute Gasteiger partial charge is 0.484 e. The molecular weight excluding hydrogens is 396 g/mol. The number of anilines is 1. The first-order valence-corrected chi connectivity index (χ1v) is 11.6. The number of hydrogen-bond acceptors (Lipinski definition) is 6. The van der Waals surface area contributed by atoms with Crippen LogP contribution in [0.5, 0.6) is 5.75 Å². The van der Waals surface area contributed by atoms with E-state index in [1.54, 1.807) is 0 Å². The fourth-order valence-electron chi connectivity index (χ4n) is 3.00. The van der Waals surface area contributed by atoms with Gasteiger partial charge in [-0.3, -0.25) is 10.1 Å². The van der Waals surface area contributed by atoms with Gasteiger partial charge in [0.25, 0.3) is 5.91 Å². The van der Waals surface area contributed by atoms with Crippen molar-refractivity contribution in [2.45, 2.75) is 18.4 Å². The van der Waals surface area contributed by atoms with E-state index in [0.717, 1.165) is 15.8 Å². The van der Waals surface area contributed by atoms with Crippen molar-refractivity contribution in [2.24, 2.45) is 0 Å². The van der Waals surface area contributed by atoms with Gasteiger partial charge in [-0.25, -0.2) is 4.98 Å². The van der Waals surface area contributed by atoms with Gasteiger partial charge in [-0.05, 0) is 48.7 Å². The zero-order valence-corrected chi connectivity index (χ0v) is 17.6. The van der Waals surface area contributed by atoms with Crippen LogP contribution in [-0.2, 0) is 4.79 Å². The first-order valence-electron chi connectivity index (χ1n) is 8.72. The molecule has 1 aromatic heterocycles. The van der Waals surface area contributed by atoms with Crippen molar-refractivity contribution in [3.05, 3.63) is 53.1 Å². The van der Waals surface area contributed by atoms with E-state index in [2.05, 4.69) is 41.5 Å². The second-order valence-electron chi connectivity index (χ2n) is 6.43. The fourth-order valence-corrected chi connectivity index (χ4v) is 6.92. The van der Waals surface area contributed by atoms with Crippen LogP contribution in [0.3, 0.4) is 0 Å². The van der Waals surface area contributed by atoms with E-state index in [9.17, 15) is 4.79 Å².